The molecule has 1 aliphatic carbocycles. The Kier molecular flexibility index (Phi) is 5.46. The molecule has 1 saturated carbocycles. The van der Waals surface area contributed by atoms with Crippen molar-refractivity contribution in [2.24, 2.45) is 11.8 Å². The monoisotopic (exact) mass is 289 g/mol. The first-order chi connectivity index (χ1) is 7.54. The summed E-state index contributed by atoms with van der Waals surface area (Å²) < 4.78 is 0. The van der Waals surface area contributed by atoms with E-state index in [9.17, 15) is 9.59 Å². The van der Waals surface area contributed by atoms with E-state index in [0.29, 0.717) is 0 Å². The fourth-order valence-electron chi connectivity index (χ4n) is 1.97. The number of hydrogen-bond donors (Lipinski definition) is 1. The molecular formula is C12H20BrNO2. The molecule has 1 rings (SSSR count). The lowest BCUT2D eigenvalue weighted by atomic mass is 9.82. The van der Waals surface area contributed by atoms with Crippen molar-refractivity contribution in [3.63, 3.8) is 0 Å². The molecule has 0 saturated heterocycles. The highest BCUT2D eigenvalue weighted by atomic mass is 79.9. The topological polar surface area (TPSA) is 46.2 Å². The van der Waals surface area contributed by atoms with E-state index >= 15 is 0 Å². The van der Waals surface area contributed by atoms with E-state index in [1.165, 1.54) is 0 Å². The van der Waals surface area contributed by atoms with E-state index in [-0.39, 0.29) is 28.6 Å². The summed E-state index contributed by atoms with van der Waals surface area (Å²) >= 11 is 3.45. The minimum absolute atomic E-state index is 0.102. The van der Waals surface area contributed by atoms with Crippen LogP contribution in [0.5, 0.6) is 0 Å². The Balaban J connectivity index is 2.36. The van der Waals surface area contributed by atoms with Crippen LogP contribution in [0.2, 0.25) is 0 Å². The van der Waals surface area contributed by atoms with Crippen molar-refractivity contribution < 1.29 is 9.59 Å². The summed E-state index contributed by atoms with van der Waals surface area (Å²) in [6, 6.07) is 0.149. The summed E-state index contributed by atoms with van der Waals surface area (Å²) in [5, 5.41) is 3.01. The van der Waals surface area contributed by atoms with Gasteiger partial charge in [0.2, 0.25) is 5.91 Å². The normalized spacial score (nSPS) is 29.2. The highest BCUT2D eigenvalue weighted by molar-refractivity contribution is 9.09. The van der Waals surface area contributed by atoms with Crippen LogP contribution in [0.1, 0.15) is 39.5 Å². The zero-order chi connectivity index (χ0) is 12.1. The number of alkyl halides is 1. The molecule has 1 aliphatic rings. The first kappa shape index (κ1) is 13.7. The van der Waals surface area contributed by atoms with Gasteiger partial charge in [0, 0.05) is 22.7 Å². The summed E-state index contributed by atoms with van der Waals surface area (Å²) in [4.78, 5) is 22.8. The summed E-state index contributed by atoms with van der Waals surface area (Å²) in [5.74, 6) is 0.421. The van der Waals surface area contributed by atoms with Gasteiger partial charge in [0.1, 0.15) is 6.29 Å². The summed E-state index contributed by atoms with van der Waals surface area (Å²) in [7, 11) is 0. The third-order valence-electron chi connectivity index (χ3n) is 3.39. The predicted molar refractivity (Wildman–Crippen MR) is 67.5 cm³/mol. The number of nitrogens with one attached hydrogen (secondary N) is 1. The van der Waals surface area contributed by atoms with Gasteiger partial charge in [-0.25, -0.2) is 0 Å². The maximum atomic E-state index is 11.9. The number of rotatable bonds is 4. The summed E-state index contributed by atoms with van der Waals surface area (Å²) in [6.07, 6.45) is 4.44. The van der Waals surface area contributed by atoms with Crippen LogP contribution >= 0.6 is 15.9 Å². The molecule has 0 radical (unpaired) electrons. The van der Waals surface area contributed by atoms with Crippen LogP contribution < -0.4 is 5.32 Å². The second-order valence-corrected chi connectivity index (χ2v) is 6.17. The molecule has 0 aromatic carbocycles. The van der Waals surface area contributed by atoms with Crippen molar-refractivity contribution in [2.75, 3.05) is 0 Å². The molecule has 1 N–H and O–H groups in total. The van der Waals surface area contributed by atoms with Gasteiger partial charge < -0.3 is 10.1 Å². The van der Waals surface area contributed by atoms with Crippen molar-refractivity contribution in [3.05, 3.63) is 0 Å². The molecule has 1 unspecified atom stereocenters. The average molecular weight is 290 g/mol. The SMILES string of the molecule is CC(Br)[C@@H](C)NC(=O)C1CCC(C=O)CC1. The van der Waals surface area contributed by atoms with Gasteiger partial charge in [-0.1, -0.05) is 22.9 Å². The smallest absolute Gasteiger partial charge is 0.223 e. The fourth-order valence-corrected chi connectivity index (χ4v) is 2.11. The third-order valence-corrected chi connectivity index (χ3v) is 4.19. The molecule has 0 aromatic heterocycles. The minimum Gasteiger partial charge on any atom is -0.352 e. The van der Waals surface area contributed by atoms with Gasteiger partial charge in [0.25, 0.3) is 0 Å². The number of hydrogen-bond acceptors (Lipinski definition) is 2. The fraction of sp³-hybridized carbons (Fsp3) is 0.833. The highest BCUT2D eigenvalue weighted by Gasteiger charge is 2.27. The van der Waals surface area contributed by atoms with Crippen molar-refractivity contribution in [1.29, 1.82) is 0 Å². The molecule has 1 amide bonds. The van der Waals surface area contributed by atoms with Crippen molar-refractivity contribution >= 4 is 28.1 Å². The highest BCUT2D eigenvalue weighted by Crippen LogP contribution is 2.27. The first-order valence-electron chi connectivity index (χ1n) is 5.94. The molecule has 3 nitrogen and oxygen atoms in total. The van der Waals surface area contributed by atoms with Gasteiger partial charge in [-0.05, 0) is 32.6 Å². The Labute approximate surface area is 105 Å². The number of carbonyl (C=O) groups is 2. The number of amides is 1. The van der Waals surface area contributed by atoms with E-state index in [4.69, 9.17) is 0 Å². The van der Waals surface area contributed by atoms with E-state index < -0.39 is 0 Å². The molecule has 0 heterocycles. The van der Waals surface area contributed by atoms with E-state index in [1.54, 1.807) is 0 Å². The van der Waals surface area contributed by atoms with Crippen LogP contribution in [-0.2, 0) is 9.59 Å². The lowest BCUT2D eigenvalue weighted by Gasteiger charge is -2.26. The molecule has 0 spiro atoms. The van der Waals surface area contributed by atoms with Crippen LogP contribution in [0.4, 0.5) is 0 Å². The average Bonchev–Trinajstić information content (AvgIpc) is 2.28. The van der Waals surface area contributed by atoms with E-state index in [2.05, 4.69) is 21.2 Å². The molecule has 0 bridgehead atoms. The Morgan fingerprint density at radius 3 is 2.31 bits per heavy atom. The second kappa shape index (κ2) is 6.38. The lowest BCUT2D eigenvalue weighted by molar-refractivity contribution is -0.127. The number of carbonyl (C=O) groups excluding carboxylic acids is 2. The van der Waals surface area contributed by atoms with Gasteiger partial charge in [0.05, 0.1) is 0 Å². The van der Waals surface area contributed by atoms with Crippen molar-refractivity contribution in [3.8, 4) is 0 Å². The Hall–Kier alpha value is -0.380. The number of halogens is 1. The molecule has 92 valence electrons. The molecule has 16 heavy (non-hydrogen) atoms. The summed E-state index contributed by atoms with van der Waals surface area (Å²) in [5.41, 5.74) is 0. The van der Waals surface area contributed by atoms with E-state index in [1.807, 2.05) is 13.8 Å². The van der Waals surface area contributed by atoms with E-state index in [0.717, 1.165) is 32.0 Å². The molecule has 2 atom stereocenters. The van der Waals surface area contributed by atoms with Crippen LogP contribution in [0, 0.1) is 11.8 Å². The maximum absolute atomic E-state index is 11.9. The Bertz CT molecular complexity index is 247. The Morgan fingerprint density at radius 1 is 1.31 bits per heavy atom. The standard InChI is InChI=1S/C12H20BrNO2/c1-8(13)9(2)14-12(16)11-5-3-10(7-15)4-6-11/h7-11H,3-6H2,1-2H3,(H,14,16)/t8?,9-,10?,11?/m1/s1. The molecule has 1 fully saturated rings. The summed E-state index contributed by atoms with van der Waals surface area (Å²) in [6.45, 7) is 4.02. The molecule has 0 aromatic rings. The van der Waals surface area contributed by atoms with Crippen molar-refractivity contribution in [2.45, 2.75) is 50.4 Å². The third kappa shape index (κ3) is 3.89. The first-order valence-corrected chi connectivity index (χ1v) is 6.86. The second-order valence-electron chi connectivity index (χ2n) is 4.72. The van der Waals surface area contributed by atoms with Crippen LogP contribution in [0.25, 0.3) is 0 Å². The van der Waals surface area contributed by atoms with Crippen molar-refractivity contribution in [1.82, 2.24) is 5.32 Å². The van der Waals surface area contributed by atoms with Crippen LogP contribution in [0.15, 0.2) is 0 Å². The zero-order valence-electron chi connectivity index (χ0n) is 9.91. The lowest BCUT2D eigenvalue weighted by Crippen LogP contribution is -2.42. The zero-order valence-corrected chi connectivity index (χ0v) is 11.5. The largest absolute Gasteiger partial charge is 0.352 e. The van der Waals surface area contributed by atoms with Crippen LogP contribution in [0.3, 0.4) is 0 Å². The van der Waals surface area contributed by atoms with Gasteiger partial charge in [-0.3, -0.25) is 4.79 Å². The minimum atomic E-state index is 0.102. The predicted octanol–water partition coefficient (Wildman–Crippen LogP) is 2.28. The van der Waals surface area contributed by atoms with Crippen LogP contribution in [-0.4, -0.2) is 23.1 Å². The molecule has 4 heteroatoms. The number of aldehydes is 1. The van der Waals surface area contributed by atoms with Gasteiger partial charge >= 0.3 is 0 Å². The van der Waals surface area contributed by atoms with Gasteiger partial charge in [-0.2, -0.15) is 0 Å². The molecule has 0 aliphatic heterocycles. The quantitative estimate of drug-likeness (QED) is 0.638. The Morgan fingerprint density at radius 2 is 1.88 bits per heavy atom. The van der Waals surface area contributed by atoms with Gasteiger partial charge in [-0.15, -0.1) is 0 Å². The maximum Gasteiger partial charge on any atom is 0.223 e. The van der Waals surface area contributed by atoms with Gasteiger partial charge in [0.15, 0.2) is 0 Å². The molecular weight excluding hydrogens is 270 g/mol.